The summed E-state index contributed by atoms with van der Waals surface area (Å²) < 4.78 is 58.3. The maximum absolute atomic E-state index is 13.4. The molecule has 2 heterocycles. The molecule has 0 amide bonds. The second kappa shape index (κ2) is 7.69. The molecule has 0 saturated carbocycles. The second-order valence-corrected chi connectivity index (χ2v) is 6.69. The number of ketones is 1. The van der Waals surface area contributed by atoms with Crippen LogP contribution in [0.4, 0.5) is 17.6 Å². The third-order valence-electron chi connectivity index (χ3n) is 4.57. The van der Waals surface area contributed by atoms with Crippen LogP contribution in [-0.4, -0.2) is 23.8 Å². The van der Waals surface area contributed by atoms with E-state index in [1.165, 1.54) is 25.3 Å². The summed E-state index contributed by atoms with van der Waals surface area (Å²) in [5.74, 6) is -0.907. The highest BCUT2D eigenvalue weighted by molar-refractivity contribution is 5.99. The molecular formula is C20H18F4N2O2. The SMILES string of the molecule is COC1=NCc2cc(CC(=O)C[C@H](C)c3ccc(F)cc3)nc(C(F)(F)F)c21. The van der Waals surface area contributed by atoms with E-state index in [-0.39, 0.29) is 54.1 Å². The third kappa shape index (κ3) is 4.21. The van der Waals surface area contributed by atoms with Crippen LogP contribution in [0.2, 0.25) is 0 Å². The number of fused-ring (bicyclic) bond motifs is 1. The van der Waals surface area contributed by atoms with E-state index in [4.69, 9.17) is 4.74 Å². The summed E-state index contributed by atoms with van der Waals surface area (Å²) in [4.78, 5) is 20.0. The van der Waals surface area contributed by atoms with Gasteiger partial charge < -0.3 is 4.74 Å². The van der Waals surface area contributed by atoms with Gasteiger partial charge in [-0.2, -0.15) is 13.2 Å². The Hall–Kier alpha value is -2.77. The van der Waals surface area contributed by atoms with Crippen LogP contribution in [0.3, 0.4) is 0 Å². The summed E-state index contributed by atoms with van der Waals surface area (Å²) in [6.07, 6.45) is -4.79. The molecule has 0 saturated heterocycles. The fourth-order valence-electron chi connectivity index (χ4n) is 3.24. The van der Waals surface area contributed by atoms with Gasteiger partial charge in [-0.05, 0) is 35.2 Å². The zero-order chi connectivity index (χ0) is 20.5. The molecule has 0 bridgehead atoms. The van der Waals surface area contributed by atoms with Crippen molar-refractivity contribution in [2.75, 3.05) is 7.11 Å². The van der Waals surface area contributed by atoms with Crippen molar-refractivity contribution in [1.29, 1.82) is 0 Å². The first-order valence-corrected chi connectivity index (χ1v) is 8.65. The molecule has 3 rings (SSSR count). The van der Waals surface area contributed by atoms with Crippen molar-refractivity contribution in [3.63, 3.8) is 0 Å². The molecule has 1 aromatic heterocycles. The Labute approximate surface area is 159 Å². The Morgan fingerprint density at radius 2 is 1.93 bits per heavy atom. The number of ether oxygens (including phenoxy) is 1. The molecule has 0 unspecified atom stereocenters. The van der Waals surface area contributed by atoms with Gasteiger partial charge in [0.25, 0.3) is 0 Å². The molecule has 0 spiro atoms. The van der Waals surface area contributed by atoms with Crippen LogP contribution >= 0.6 is 0 Å². The highest BCUT2D eigenvalue weighted by Gasteiger charge is 2.40. The van der Waals surface area contributed by atoms with Crippen molar-refractivity contribution >= 4 is 11.7 Å². The number of halogens is 4. The molecule has 8 heteroatoms. The van der Waals surface area contributed by atoms with Gasteiger partial charge in [0.2, 0.25) is 5.90 Å². The lowest BCUT2D eigenvalue weighted by Crippen LogP contribution is -2.19. The van der Waals surface area contributed by atoms with Crippen LogP contribution in [-0.2, 0) is 28.7 Å². The Morgan fingerprint density at radius 3 is 2.54 bits per heavy atom. The smallest absolute Gasteiger partial charge is 0.434 e. The summed E-state index contributed by atoms with van der Waals surface area (Å²) in [5.41, 5.74) is -0.0716. The topological polar surface area (TPSA) is 51.5 Å². The number of carbonyl (C=O) groups excluding carboxylic acids is 1. The molecule has 0 N–H and O–H groups in total. The molecule has 1 aliphatic rings. The number of methoxy groups -OCH3 is 1. The monoisotopic (exact) mass is 394 g/mol. The van der Waals surface area contributed by atoms with E-state index in [1.807, 2.05) is 0 Å². The molecule has 0 aliphatic carbocycles. The number of hydrogen-bond donors (Lipinski definition) is 0. The minimum Gasteiger partial charge on any atom is -0.481 e. The third-order valence-corrected chi connectivity index (χ3v) is 4.57. The van der Waals surface area contributed by atoms with Gasteiger partial charge in [-0.1, -0.05) is 19.1 Å². The summed E-state index contributed by atoms with van der Waals surface area (Å²) in [7, 11) is 1.25. The maximum atomic E-state index is 13.4. The van der Waals surface area contributed by atoms with E-state index in [0.29, 0.717) is 5.56 Å². The van der Waals surface area contributed by atoms with Crippen LogP contribution in [0.15, 0.2) is 35.3 Å². The summed E-state index contributed by atoms with van der Waals surface area (Å²) in [6, 6.07) is 7.27. The standard InChI is InChI=1S/C20H18F4N2O2/c1-11(12-3-5-14(21)6-4-12)7-16(27)9-15-8-13-10-25-19(28-2)17(13)18(26-15)20(22,23)24/h3-6,8,11H,7,9-10H2,1-2H3/t11-/m0/s1. The van der Waals surface area contributed by atoms with Gasteiger partial charge in [0.05, 0.1) is 19.2 Å². The molecule has 2 aromatic rings. The van der Waals surface area contributed by atoms with Crippen molar-refractivity contribution in [2.45, 2.75) is 38.4 Å². The van der Waals surface area contributed by atoms with Crippen LogP contribution in [0.5, 0.6) is 0 Å². The lowest BCUT2D eigenvalue weighted by Gasteiger charge is -2.15. The Kier molecular flexibility index (Phi) is 5.49. The Balaban J connectivity index is 1.79. The van der Waals surface area contributed by atoms with Crippen molar-refractivity contribution in [3.05, 3.63) is 64.2 Å². The first-order chi connectivity index (χ1) is 13.2. The van der Waals surface area contributed by atoms with Crippen molar-refractivity contribution in [3.8, 4) is 0 Å². The normalized spacial score (nSPS) is 14.4. The van der Waals surface area contributed by atoms with Crippen LogP contribution in [0.1, 0.15) is 47.3 Å². The number of alkyl halides is 3. The maximum Gasteiger partial charge on any atom is 0.434 e. The van der Waals surface area contributed by atoms with Crippen LogP contribution in [0, 0.1) is 5.82 Å². The number of Topliss-reactive ketones (excluding diaryl/α,β-unsaturated/α-hetero) is 1. The lowest BCUT2D eigenvalue weighted by atomic mass is 9.94. The zero-order valence-corrected chi connectivity index (χ0v) is 15.3. The average Bonchev–Trinajstić information content (AvgIpc) is 3.03. The molecular weight excluding hydrogens is 376 g/mol. The van der Waals surface area contributed by atoms with Gasteiger partial charge in [-0.15, -0.1) is 0 Å². The molecule has 28 heavy (non-hydrogen) atoms. The number of rotatable bonds is 5. The lowest BCUT2D eigenvalue weighted by molar-refractivity contribution is -0.141. The quantitative estimate of drug-likeness (QED) is 0.704. The fraction of sp³-hybridized carbons (Fsp3) is 0.350. The number of carbonyl (C=O) groups is 1. The molecule has 1 aromatic carbocycles. The van der Waals surface area contributed by atoms with E-state index < -0.39 is 11.9 Å². The number of pyridine rings is 1. The number of benzene rings is 1. The molecule has 148 valence electrons. The zero-order valence-electron chi connectivity index (χ0n) is 15.3. The van der Waals surface area contributed by atoms with Gasteiger partial charge in [0.15, 0.2) is 5.69 Å². The van der Waals surface area contributed by atoms with Crippen molar-refractivity contribution in [2.24, 2.45) is 4.99 Å². The molecule has 0 radical (unpaired) electrons. The predicted molar refractivity (Wildman–Crippen MR) is 94.6 cm³/mol. The number of aromatic nitrogens is 1. The molecule has 1 atom stereocenters. The predicted octanol–water partition coefficient (Wildman–Crippen LogP) is 4.45. The molecule has 4 nitrogen and oxygen atoms in total. The largest absolute Gasteiger partial charge is 0.481 e. The highest BCUT2D eigenvalue weighted by Crippen LogP contribution is 2.35. The molecule has 1 aliphatic heterocycles. The minimum absolute atomic E-state index is 0.0509. The average molecular weight is 394 g/mol. The number of aliphatic imine (C=N–C) groups is 1. The summed E-state index contributed by atoms with van der Waals surface area (Å²) in [6.45, 7) is 1.86. The van der Waals surface area contributed by atoms with Gasteiger partial charge >= 0.3 is 6.18 Å². The van der Waals surface area contributed by atoms with Gasteiger partial charge in [-0.3, -0.25) is 4.79 Å². The molecule has 0 fully saturated rings. The minimum atomic E-state index is -4.69. The first-order valence-electron chi connectivity index (χ1n) is 8.65. The number of hydrogen-bond acceptors (Lipinski definition) is 4. The van der Waals surface area contributed by atoms with Gasteiger partial charge in [0, 0.05) is 18.5 Å². The second-order valence-electron chi connectivity index (χ2n) is 6.69. The Bertz CT molecular complexity index is 921. The van der Waals surface area contributed by atoms with Gasteiger partial charge in [0.1, 0.15) is 11.6 Å². The fourth-order valence-corrected chi connectivity index (χ4v) is 3.24. The first kappa shape index (κ1) is 20.0. The number of nitrogens with zero attached hydrogens (tertiary/aromatic N) is 2. The van der Waals surface area contributed by atoms with E-state index in [9.17, 15) is 22.4 Å². The Morgan fingerprint density at radius 1 is 1.25 bits per heavy atom. The van der Waals surface area contributed by atoms with Crippen LogP contribution < -0.4 is 0 Å². The summed E-state index contributed by atoms with van der Waals surface area (Å²) >= 11 is 0. The van der Waals surface area contributed by atoms with E-state index in [0.717, 1.165) is 5.56 Å². The van der Waals surface area contributed by atoms with Crippen molar-refractivity contribution in [1.82, 2.24) is 4.98 Å². The van der Waals surface area contributed by atoms with Crippen molar-refractivity contribution < 1.29 is 27.1 Å². The highest BCUT2D eigenvalue weighted by atomic mass is 19.4. The van der Waals surface area contributed by atoms with E-state index >= 15 is 0 Å². The van der Waals surface area contributed by atoms with Crippen LogP contribution in [0.25, 0.3) is 0 Å². The van der Waals surface area contributed by atoms with Gasteiger partial charge in [-0.25, -0.2) is 14.4 Å². The summed E-state index contributed by atoms with van der Waals surface area (Å²) in [5, 5.41) is 0. The van der Waals surface area contributed by atoms with E-state index in [2.05, 4.69) is 9.98 Å². The van der Waals surface area contributed by atoms with E-state index in [1.54, 1.807) is 19.1 Å².